The molecule has 0 aromatic carbocycles. The Kier molecular flexibility index (Phi) is 4.64. The van der Waals surface area contributed by atoms with Gasteiger partial charge in [0.1, 0.15) is 5.82 Å². The van der Waals surface area contributed by atoms with Gasteiger partial charge in [-0.15, -0.1) is 0 Å². The van der Waals surface area contributed by atoms with Crippen LogP contribution in [0.2, 0.25) is 0 Å². The Morgan fingerprint density at radius 3 is 2.83 bits per heavy atom. The van der Waals surface area contributed by atoms with Gasteiger partial charge in [0.2, 0.25) is 5.91 Å². The summed E-state index contributed by atoms with van der Waals surface area (Å²) in [6.45, 7) is 7.92. The molecule has 2 aromatic rings. The summed E-state index contributed by atoms with van der Waals surface area (Å²) in [5.74, 6) is 1.81. The number of hydrogen-bond acceptors (Lipinski definition) is 3. The van der Waals surface area contributed by atoms with E-state index in [2.05, 4.69) is 33.1 Å². The second-order valence-electron chi connectivity index (χ2n) is 6.53. The van der Waals surface area contributed by atoms with E-state index in [1.54, 1.807) is 0 Å². The molecule has 0 bridgehead atoms. The maximum atomic E-state index is 12.7. The van der Waals surface area contributed by atoms with Crippen LogP contribution in [0, 0.1) is 12.8 Å². The summed E-state index contributed by atoms with van der Waals surface area (Å²) < 4.78 is 2.18. The molecule has 0 radical (unpaired) electrons. The van der Waals surface area contributed by atoms with Crippen LogP contribution in [0.3, 0.4) is 0 Å². The first kappa shape index (κ1) is 16.0. The van der Waals surface area contributed by atoms with Gasteiger partial charge >= 0.3 is 0 Å². The first-order valence-electron chi connectivity index (χ1n) is 8.72. The third-order valence-corrected chi connectivity index (χ3v) is 5.12. The van der Waals surface area contributed by atoms with Crippen molar-refractivity contribution in [3.05, 3.63) is 30.1 Å². The van der Waals surface area contributed by atoms with Gasteiger partial charge in [0.15, 0.2) is 0 Å². The molecule has 1 aliphatic rings. The second kappa shape index (κ2) is 6.69. The molecule has 23 heavy (non-hydrogen) atoms. The minimum atomic E-state index is 0.164. The molecule has 3 rings (SSSR count). The van der Waals surface area contributed by atoms with Gasteiger partial charge < -0.3 is 4.90 Å². The van der Waals surface area contributed by atoms with Crippen LogP contribution < -0.4 is 0 Å². The van der Waals surface area contributed by atoms with Crippen molar-refractivity contribution in [1.29, 1.82) is 0 Å². The third kappa shape index (κ3) is 2.96. The van der Waals surface area contributed by atoms with E-state index in [0.717, 1.165) is 50.1 Å². The Balaban J connectivity index is 1.86. The number of nitrogens with zero attached hydrogens (tertiary/aromatic N) is 4. The molecule has 3 heterocycles. The first-order valence-corrected chi connectivity index (χ1v) is 8.72. The van der Waals surface area contributed by atoms with Crippen molar-refractivity contribution >= 4 is 11.4 Å². The van der Waals surface area contributed by atoms with Gasteiger partial charge in [-0.05, 0) is 32.6 Å². The van der Waals surface area contributed by atoms with Crippen LogP contribution in [0.25, 0.3) is 5.52 Å². The molecule has 1 aliphatic heterocycles. The maximum Gasteiger partial charge on any atom is 0.225 e. The first-order chi connectivity index (χ1) is 11.2. The number of carbonyl (C=O) groups is 1. The number of hydrogen-bond donors (Lipinski definition) is 0. The van der Waals surface area contributed by atoms with Gasteiger partial charge in [-0.1, -0.05) is 13.8 Å². The Hall–Kier alpha value is -1.91. The average Bonchev–Trinajstić information content (AvgIpc) is 2.97. The van der Waals surface area contributed by atoms with E-state index in [4.69, 9.17) is 0 Å². The minimum absolute atomic E-state index is 0.164. The Morgan fingerprint density at radius 1 is 1.30 bits per heavy atom. The lowest BCUT2D eigenvalue weighted by molar-refractivity contribution is -0.137. The number of rotatable bonds is 4. The zero-order valence-corrected chi connectivity index (χ0v) is 14.3. The summed E-state index contributed by atoms with van der Waals surface area (Å²) in [6, 6.07) is 0. The normalized spacial score (nSPS) is 18.8. The molecular weight excluding hydrogens is 288 g/mol. The standard InChI is InChI=1S/C18H26N4O/c1-4-14(5-2)18(23)21-8-6-7-15(12-21)17-11-19-9-16-10-20-13(3)22(16)17/h9-11,14-15H,4-8,12H2,1-3H3/t15-/m1/s1. The van der Waals surface area contributed by atoms with Crippen molar-refractivity contribution in [2.45, 2.75) is 52.4 Å². The summed E-state index contributed by atoms with van der Waals surface area (Å²) in [6.07, 6.45) is 9.66. The van der Waals surface area contributed by atoms with Crippen LogP contribution in [0.4, 0.5) is 0 Å². The van der Waals surface area contributed by atoms with Crippen molar-refractivity contribution in [3.63, 3.8) is 0 Å². The highest BCUT2D eigenvalue weighted by molar-refractivity contribution is 5.79. The van der Waals surface area contributed by atoms with Gasteiger partial charge in [0, 0.05) is 36.8 Å². The summed E-state index contributed by atoms with van der Waals surface area (Å²) in [5, 5.41) is 0. The molecule has 0 unspecified atom stereocenters. The molecule has 0 spiro atoms. The number of imidazole rings is 1. The molecule has 124 valence electrons. The second-order valence-corrected chi connectivity index (χ2v) is 6.53. The Labute approximate surface area is 137 Å². The molecule has 0 saturated carbocycles. The van der Waals surface area contributed by atoms with Gasteiger partial charge in [-0.3, -0.25) is 14.2 Å². The number of fused-ring (bicyclic) bond motifs is 1. The summed E-state index contributed by atoms with van der Waals surface area (Å²) >= 11 is 0. The fraction of sp³-hybridized carbons (Fsp3) is 0.611. The van der Waals surface area contributed by atoms with Gasteiger partial charge in [-0.25, -0.2) is 4.98 Å². The monoisotopic (exact) mass is 314 g/mol. The van der Waals surface area contributed by atoms with Gasteiger partial charge in [0.25, 0.3) is 0 Å². The van der Waals surface area contributed by atoms with Crippen LogP contribution in [0.1, 0.15) is 57.0 Å². The van der Waals surface area contributed by atoms with Crippen molar-refractivity contribution < 1.29 is 4.79 Å². The Bertz CT molecular complexity index is 689. The zero-order valence-electron chi connectivity index (χ0n) is 14.3. The van der Waals surface area contributed by atoms with Crippen molar-refractivity contribution in [2.75, 3.05) is 13.1 Å². The summed E-state index contributed by atoms with van der Waals surface area (Å²) in [5.41, 5.74) is 2.21. The molecule has 2 aromatic heterocycles. The molecule has 1 amide bonds. The van der Waals surface area contributed by atoms with Crippen LogP contribution >= 0.6 is 0 Å². The number of carbonyl (C=O) groups excluding carboxylic acids is 1. The van der Waals surface area contributed by atoms with E-state index < -0.39 is 0 Å². The topological polar surface area (TPSA) is 50.5 Å². The zero-order chi connectivity index (χ0) is 16.4. The summed E-state index contributed by atoms with van der Waals surface area (Å²) in [4.78, 5) is 23.6. The highest BCUT2D eigenvalue weighted by Gasteiger charge is 2.29. The number of aromatic nitrogens is 3. The van der Waals surface area contributed by atoms with Crippen molar-refractivity contribution in [3.8, 4) is 0 Å². The third-order valence-electron chi connectivity index (χ3n) is 5.12. The predicted octanol–water partition coefficient (Wildman–Crippen LogP) is 3.18. The Morgan fingerprint density at radius 2 is 2.09 bits per heavy atom. The number of amides is 1. The summed E-state index contributed by atoms with van der Waals surface area (Å²) in [7, 11) is 0. The SMILES string of the molecule is CCC(CC)C(=O)N1CCC[C@@H](c2cncc3cnc(C)n23)C1. The van der Waals surface area contributed by atoms with Crippen molar-refractivity contribution in [2.24, 2.45) is 5.92 Å². The molecule has 1 atom stereocenters. The van der Waals surface area contributed by atoms with E-state index in [1.807, 2.05) is 25.5 Å². The van der Waals surface area contributed by atoms with Crippen LogP contribution in [0.5, 0.6) is 0 Å². The molecule has 0 N–H and O–H groups in total. The molecule has 5 heteroatoms. The minimum Gasteiger partial charge on any atom is -0.342 e. The molecular formula is C18H26N4O. The smallest absolute Gasteiger partial charge is 0.225 e. The average molecular weight is 314 g/mol. The van der Waals surface area contributed by atoms with Gasteiger partial charge in [0.05, 0.1) is 17.9 Å². The highest BCUT2D eigenvalue weighted by Crippen LogP contribution is 2.29. The number of aryl methyl sites for hydroxylation is 1. The van der Waals surface area contributed by atoms with Crippen LogP contribution in [-0.4, -0.2) is 38.3 Å². The lowest BCUT2D eigenvalue weighted by atomic mass is 9.92. The molecule has 0 aliphatic carbocycles. The lowest BCUT2D eigenvalue weighted by Gasteiger charge is -2.35. The highest BCUT2D eigenvalue weighted by atomic mass is 16.2. The predicted molar refractivity (Wildman–Crippen MR) is 90.4 cm³/mol. The van der Waals surface area contributed by atoms with Crippen LogP contribution in [-0.2, 0) is 4.79 Å². The largest absolute Gasteiger partial charge is 0.342 e. The number of likely N-dealkylation sites (tertiary alicyclic amines) is 1. The van der Waals surface area contributed by atoms with Crippen LogP contribution in [0.15, 0.2) is 18.6 Å². The molecule has 5 nitrogen and oxygen atoms in total. The quantitative estimate of drug-likeness (QED) is 0.871. The van der Waals surface area contributed by atoms with E-state index in [0.29, 0.717) is 11.8 Å². The van der Waals surface area contributed by atoms with E-state index in [9.17, 15) is 4.79 Å². The van der Waals surface area contributed by atoms with E-state index in [1.165, 1.54) is 5.69 Å². The molecule has 1 fully saturated rings. The molecule has 1 saturated heterocycles. The fourth-order valence-corrected chi connectivity index (χ4v) is 3.74. The maximum absolute atomic E-state index is 12.7. The lowest BCUT2D eigenvalue weighted by Crippen LogP contribution is -2.42. The van der Waals surface area contributed by atoms with E-state index >= 15 is 0 Å². The van der Waals surface area contributed by atoms with E-state index in [-0.39, 0.29) is 5.92 Å². The van der Waals surface area contributed by atoms with Crippen molar-refractivity contribution in [1.82, 2.24) is 19.3 Å². The van der Waals surface area contributed by atoms with Gasteiger partial charge in [-0.2, -0.15) is 0 Å². The fourth-order valence-electron chi connectivity index (χ4n) is 3.74. The number of piperidine rings is 1.